The average Bonchev–Trinajstić information content (AvgIpc) is 3.77. The maximum atomic E-state index is 10.7. The summed E-state index contributed by atoms with van der Waals surface area (Å²) in [7, 11) is 0. The summed E-state index contributed by atoms with van der Waals surface area (Å²) in [5.41, 5.74) is 14.0. The van der Waals surface area contributed by atoms with Crippen LogP contribution in [0.15, 0.2) is 146 Å². The van der Waals surface area contributed by atoms with Gasteiger partial charge in [-0.25, -0.2) is 0 Å². The Morgan fingerprint density at radius 3 is 1.75 bits per heavy atom. The molecule has 0 atom stereocenters. The lowest BCUT2D eigenvalue weighted by Crippen LogP contribution is -2.14. The molecule has 7 aromatic carbocycles. The molecule has 0 amide bonds. The lowest BCUT2D eigenvalue weighted by atomic mass is 9.82. The second-order valence-corrected chi connectivity index (χ2v) is 14.0. The molecule has 0 radical (unpaired) electrons. The van der Waals surface area contributed by atoms with Crippen LogP contribution >= 0.6 is 0 Å². The number of fused-ring (bicyclic) bond motifs is 9. The summed E-state index contributed by atoms with van der Waals surface area (Å²) in [6.07, 6.45) is 0. The van der Waals surface area contributed by atoms with Gasteiger partial charge in [0.2, 0.25) is 0 Å². The van der Waals surface area contributed by atoms with E-state index in [0.717, 1.165) is 50.0 Å². The van der Waals surface area contributed by atoms with Crippen LogP contribution in [-0.2, 0) is 5.41 Å². The minimum atomic E-state index is -0.130. The Bertz CT molecular complexity index is 2980. The number of benzene rings is 7. The third-order valence-corrected chi connectivity index (χ3v) is 11.0. The minimum Gasteiger partial charge on any atom is -0.309 e. The Kier molecular flexibility index (Phi) is 6.02. The van der Waals surface area contributed by atoms with Gasteiger partial charge in [0.05, 0.1) is 51.0 Å². The molecule has 0 spiro atoms. The van der Waals surface area contributed by atoms with Crippen LogP contribution < -0.4 is 0 Å². The zero-order chi connectivity index (χ0) is 34.4. The predicted octanol–water partition coefficient (Wildman–Crippen LogP) is 11.6. The molecule has 2 aromatic heterocycles. The summed E-state index contributed by atoms with van der Waals surface area (Å²) < 4.78 is 4.53. The van der Waals surface area contributed by atoms with Crippen molar-refractivity contribution in [1.82, 2.24) is 9.13 Å². The summed E-state index contributed by atoms with van der Waals surface area (Å²) in [4.78, 5) is 0. The van der Waals surface area contributed by atoms with E-state index in [1.54, 1.807) is 0 Å². The van der Waals surface area contributed by atoms with Crippen LogP contribution in [-0.4, -0.2) is 9.13 Å². The molecule has 4 nitrogen and oxygen atoms in total. The molecule has 0 fully saturated rings. The van der Waals surface area contributed by atoms with Gasteiger partial charge in [-0.3, -0.25) is 0 Å². The highest BCUT2D eigenvalue weighted by molar-refractivity contribution is 6.12. The maximum absolute atomic E-state index is 10.7. The SMILES string of the molecule is CC1(C)c2ccccc2-c2cc3c(cc21)c1ccccc1n3-c1cc(C#N)ccc1-c1ccc(-n2c3ccccc3c3ccccc32)cc1C#N. The van der Waals surface area contributed by atoms with Crippen molar-refractivity contribution in [3.63, 3.8) is 0 Å². The lowest BCUT2D eigenvalue weighted by Gasteiger charge is -2.21. The van der Waals surface area contributed by atoms with Gasteiger partial charge in [0.1, 0.15) is 0 Å². The van der Waals surface area contributed by atoms with Crippen molar-refractivity contribution in [1.29, 1.82) is 10.5 Å². The molecule has 0 N–H and O–H groups in total. The van der Waals surface area contributed by atoms with E-state index in [-0.39, 0.29) is 5.41 Å². The molecule has 238 valence electrons. The number of hydrogen-bond acceptors (Lipinski definition) is 2. The fraction of sp³-hybridized carbons (Fsp3) is 0.0638. The smallest absolute Gasteiger partial charge is 0.0998 e. The van der Waals surface area contributed by atoms with E-state index in [0.29, 0.717) is 11.1 Å². The van der Waals surface area contributed by atoms with Crippen LogP contribution in [0.1, 0.15) is 36.1 Å². The van der Waals surface area contributed by atoms with Gasteiger partial charge >= 0.3 is 0 Å². The van der Waals surface area contributed by atoms with E-state index >= 15 is 0 Å². The first-order chi connectivity index (χ1) is 25.0. The number of nitriles is 2. The van der Waals surface area contributed by atoms with Gasteiger partial charge in [0, 0.05) is 43.8 Å². The first kappa shape index (κ1) is 29.1. The fourth-order valence-electron chi connectivity index (χ4n) is 8.64. The zero-order valence-corrected chi connectivity index (χ0v) is 28.1. The highest BCUT2D eigenvalue weighted by Gasteiger charge is 2.36. The Balaban J connectivity index is 1.24. The van der Waals surface area contributed by atoms with E-state index < -0.39 is 0 Å². The van der Waals surface area contributed by atoms with Gasteiger partial charge in [0.15, 0.2) is 0 Å². The molecule has 10 rings (SSSR count). The first-order valence-corrected chi connectivity index (χ1v) is 17.2. The van der Waals surface area contributed by atoms with E-state index in [1.165, 1.54) is 38.4 Å². The Morgan fingerprint density at radius 1 is 0.451 bits per heavy atom. The third kappa shape index (κ3) is 3.99. The molecule has 4 heteroatoms. The highest BCUT2D eigenvalue weighted by Crippen LogP contribution is 2.51. The summed E-state index contributed by atoms with van der Waals surface area (Å²) in [6.45, 7) is 4.62. The lowest BCUT2D eigenvalue weighted by molar-refractivity contribution is 0.661. The monoisotopic (exact) mass is 650 g/mol. The van der Waals surface area contributed by atoms with Gasteiger partial charge in [0.25, 0.3) is 0 Å². The van der Waals surface area contributed by atoms with Crippen molar-refractivity contribution in [2.75, 3.05) is 0 Å². The van der Waals surface area contributed by atoms with Crippen LogP contribution in [0.2, 0.25) is 0 Å². The molecule has 0 saturated carbocycles. The Morgan fingerprint density at radius 2 is 1.06 bits per heavy atom. The summed E-state index contributed by atoms with van der Waals surface area (Å²) in [5, 5.41) is 25.5. The van der Waals surface area contributed by atoms with Crippen LogP contribution in [0.25, 0.3) is 77.2 Å². The van der Waals surface area contributed by atoms with Crippen molar-refractivity contribution in [3.8, 4) is 45.8 Å². The van der Waals surface area contributed by atoms with Crippen molar-refractivity contribution >= 4 is 43.6 Å². The zero-order valence-electron chi connectivity index (χ0n) is 28.1. The molecule has 1 aliphatic carbocycles. The summed E-state index contributed by atoms with van der Waals surface area (Å²) in [5.74, 6) is 0. The number of aromatic nitrogens is 2. The predicted molar refractivity (Wildman–Crippen MR) is 208 cm³/mol. The molecule has 51 heavy (non-hydrogen) atoms. The summed E-state index contributed by atoms with van der Waals surface area (Å²) >= 11 is 0. The Hall–Kier alpha value is -6.88. The molecular weight excluding hydrogens is 621 g/mol. The number of para-hydroxylation sites is 3. The van der Waals surface area contributed by atoms with Crippen LogP contribution in [0.5, 0.6) is 0 Å². The van der Waals surface area contributed by atoms with Crippen molar-refractivity contribution in [2.45, 2.75) is 19.3 Å². The van der Waals surface area contributed by atoms with Gasteiger partial charge in [-0.05, 0) is 76.9 Å². The number of rotatable bonds is 3. The standard InChI is InChI=1S/C47H30N4/c1-47(2)40-15-7-3-11-33(40)38-26-46-39(25-41(38)47)36-14-6-10-18-44(36)51(46)45-23-29(27-48)19-21-37(45)32-22-20-31(24-30(32)28-49)50-42-16-8-4-12-34(42)35-13-5-9-17-43(35)50/h3-26H,1-2H3. The molecule has 1 aliphatic rings. The molecule has 2 heterocycles. The van der Waals surface area contributed by atoms with E-state index in [4.69, 9.17) is 0 Å². The van der Waals surface area contributed by atoms with Crippen molar-refractivity contribution in [3.05, 3.63) is 168 Å². The van der Waals surface area contributed by atoms with E-state index in [9.17, 15) is 10.5 Å². The fourth-order valence-corrected chi connectivity index (χ4v) is 8.64. The second-order valence-electron chi connectivity index (χ2n) is 14.0. The van der Waals surface area contributed by atoms with Crippen molar-refractivity contribution < 1.29 is 0 Å². The van der Waals surface area contributed by atoms with Crippen LogP contribution in [0.4, 0.5) is 0 Å². The molecular formula is C47H30N4. The van der Waals surface area contributed by atoms with Crippen LogP contribution in [0, 0.1) is 22.7 Å². The molecule has 0 aliphatic heterocycles. The molecule has 0 bridgehead atoms. The van der Waals surface area contributed by atoms with Gasteiger partial charge in [-0.2, -0.15) is 10.5 Å². The molecule has 0 saturated heterocycles. The topological polar surface area (TPSA) is 57.4 Å². The van der Waals surface area contributed by atoms with Crippen LogP contribution in [0.3, 0.4) is 0 Å². The van der Waals surface area contributed by atoms with Gasteiger partial charge < -0.3 is 9.13 Å². The third-order valence-electron chi connectivity index (χ3n) is 11.0. The quantitative estimate of drug-likeness (QED) is 0.191. The molecule has 0 unspecified atom stereocenters. The van der Waals surface area contributed by atoms with Crippen molar-refractivity contribution in [2.24, 2.45) is 0 Å². The number of hydrogen-bond donors (Lipinski definition) is 0. The van der Waals surface area contributed by atoms with Gasteiger partial charge in [-0.15, -0.1) is 0 Å². The Labute approximate surface area is 295 Å². The highest BCUT2D eigenvalue weighted by atomic mass is 15.0. The van der Waals surface area contributed by atoms with Gasteiger partial charge in [-0.1, -0.05) is 105 Å². The average molecular weight is 651 g/mol. The maximum Gasteiger partial charge on any atom is 0.0998 e. The largest absolute Gasteiger partial charge is 0.309 e. The second kappa shape index (κ2) is 10.6. The summed E-state index contributed by atoms with van der Waals surface area (Å²) in [6, 6.07) is 55.6. The van der Waals surface area contributed by atoms with E-state index in [2.05, 4.69) is 156 Å². The molecule has 9 aromatic rings. The first-order valence-electron chi connectivity index (χ1n) is 17.2. The minimum absolute atomic E-state index is 0.130. The van der Waals surface area contributed by atoms with E-state index in [1.807, 2.05) is 24.3 Å². The normalized spacial score (nSPS) is 13.0. The number of nitrogens with zero attached hydrogens (tertiary/aromatic N) is 4.